The molecular weight excluding hydrogens is 745 g/mol. The molecule has 0 aliphatic carbocycles. The van der Waals surface area contributed by atoms with E-state index in [1.165, 1.54) is 33.0 Å². The number of hydrogen-bond donors (Lipinski definition) is 0. The Morgan fingerprint density at radius 1 is 0.344 bits per heavy atom. The second kappa shape index (κ2) is 14.2. The fraction of sp³-hybridized carbons (Fsp3) is 0.123. The standard InChI is InChI=1S/C57H46N2O2/c1-34(2)55-56-51(49-29-39-19-21-47(27-41(39)31-53(49)60-56)58(43-15-7-11-35(3)23-43)44-16-8-12-36(4)24-44)33-52-50-30-40-20-22-48(28-42(40)32-54(50)61-57(52)55)59(45-17-9-13-37(5)25-45)46-18-10-14-38(6)26-46/h7-34H,1-6H3. The molecule has 0 unspecified atom stereocenters. The molecule has 0 aliphatic heterocycles. The van der Waals surface area contributed by atoms with Crippen LogP contribution in [0.15, 0.2) is 173 Å². The van der Waals surface area contributed by atoms with Gasteiger partial charge in [-0.15, -0.1) is 0 Å². The van der Waals surface area contributed by atoms with Crippen LogP contribution in [0.4, 0.5) is 34.1 Å². The van der Waals surface area contributed by atoms with E-state index in [0.717, 1.165) is 94.3 Å². The van der Waals surface area contributed by atoms with Crippen molar-refractivity contribution in [2.45, 2.75) is 47.5 Å². The highest BCUT2D eigenvalue weighted by Gasteiger charge is 2.23. The zero-order chi connectivity index (χ0) is 41.5. The van der Waals surface area contributed by atoms with Gasteiger partial charge in [0.1, 0.15) is 22.3 Å². The molecule has 2 heterocycles. The molecule has 0 bridgehead atoms. The molecule has 0 amide bonds. The third-order valence-electron chi connectivity index (χ3n) is 12.2. The van der Waals surface area contributed by atoms with Gasteiger partial charge in [-0.05, 0) is 181 Å². The smallest absolute Gasteiger partial charge is 0.142 e. The zero-order valence-electron chi connectivity index (χ0n) is 35.4. The first-order valence-corrected chi connectivity index (χ1v) is 21.2. The lowest BCUT2D eigenvalue weighted by Crippen LogP contribution is -2.10. The van der Waals surface area contributed by atoms with E-state index < -0.39 is 0 Å². The molecule has 296 valence electrons. The number of rotatable bonds is 7. The summed E-state index contributed by atoms with van der Waals surface area (Å²) in [6.07, 6.45) is 0. The number of aryl methyl sites for hydroxylation is 4. The largest absolute Gasteiger partial charge is 0.456 e. The van der Waals surface area contributed by atoms with Gasteiger partial charge in [0.2, 0.25) is 0 Å². The molecule has 4 nitrogen and oxygen atoms in total. The second-order valence-corrected chi connectivity index (χ2v) is 17.2. The topological polar surface area (TPSA) is 32.8 Å². The van der Waals surface area contributed by atoms with Crippen LogP contribution < -0.4 is 9.80 Å². The quantitative estimate of drug-likeness (QED) is 0.161. The van der Waals surface area contributed by atoms with Gasteiger partial charge in [-0.3, -0.25) is 0 Å². The average molecular weight is 791 g/mol. The molecule has 0 saturated carbocycles. The van der Waals surface area contributed by atoms with Crippen molar-refractivity contribution in [1.29, 1.82) is 0 Å². The molecule has 9 aromatic carbocycles. The fourth-order valence-electron chi connectivity index (χ4n) is 9.39. The highest BCUT2D eigenvalue weighted by atomic mass is 16.3. The van der Waals surface area contributed by atoms with Crippen LogP contribution in [0.5, 0.6) is 0 Å². The Morgan fingerprint density at radius 2 is 0.705 bits per heavy atom. The Labute approximate surface area is 355 Å². The highest BCUT2D eigenvalue weighted by Crippen LogP contribution is 2.46. The van der Waals surface area contributed by atoms with Gasteiger partial charge in [0.15, 0.2) is 0 Å². The summed E-state index contributed by atoms with van der Waals surface area (Å²) in [6, 6.07) is 59.7. The summed E-state index contributed by atoms with van der Waals surface area (Å²) in [5.74, 6) is 0.170. The molecule has 0 spiro atoms. The Balaban J connectivity index is 1.05. The van der Waals surface area contributed by atoms with E-state index in [0.29, 0.717) is 0 Å². The van der Waals surface area contributed by atoms with Crippen LogP contribution >= 0.6 is 0 Å². The van der Waals surface area contributed by atoms with Crippen molar-refractivity contribution in [2.24, 2.45) is 0 Å². The lowest BCUT2D eigenvalue weighted by molar-refractivity contribution is 0.638. The van der Waals surface area contributed by atoms with Crippen LogP contribution in [0.25, 0.3) is 65.4 Å². The Morgan fingerprint density at radius 3 is 1.05 bits per heavy atom. The summed E-state index contributed by atoms with van der Waals surface area (Å²) in [5, 5.41) is 9.05. The van der Waals surface area contributed by atoms with Crippen molar-refractivity contribution in [1.82, 2.24) is 0 Å². The number of anilines is 6. The minimum Gasteiger partial charge on any atom is -0.456 e. The summed E-state index contributed by atoms with van der Waals surface area (Å²) in [7, 11) is 0. The SMILES string of the molecule is Cc1cccc(N(c2cccc(C)c2)c2ccc3cc4c(cc3c2)oc2c(C(C)C)c3oc5cc6cc(N(c7cccc(C)c7)c7cccc(C)c7)ccc6cc5c3cc24)c1. The van der Waals surface area contributed by atoms with Crippen LogP contribution in [0, 0.1) is 27.7 Å². The summed E-state index contributed by atoms with van der Waals surface area (Å²) >= 11 is 0. The van der Waals surface area contributed by atoms with Crippen molar-refractivity contribution in [3.05, 3.63) is 192 Å². The molecule has 0 radical (unpaired) electrons. The molecule has 0 N–H and O–H groups in total. The summed E-state index contributed by atoms with van der Waals surface area (Å²) in [5.41, 5.74) is 16.3. The number of hydrogen-bond acceptors (Lipinski definition) is 4. The first-order chi connectivity index (χ1) is 29.6. The average Bonchev–Trinajstić information content (AvgIpc) is 3.77. The monoisotopic (exact) mass is 790 g/mol. The van der Waals surface area contributed by atoms with Crippen LogP contribution in [0.1, 0.15) is 47.6 Å². The number of furan rings is 2. The van der Waals surface area contributed by atoms with Gasteiger partial charge in [0.25, 0.3) is 0 Å². The maximum absolute atomic E-state index is 6.90. The lowest BCUT2D eigenvalue weighted by atomic mass is 9.95. The van der Waals surface area contributed by atoms with Crippen LogP contribution in [0.2, 0.25) is 0 Å². The maximum Gasteiger partial charge on any atom is 0.142 e. The van der Waals surface area contributed by atoms with Crippen LogP contribution in [0.3, 0.4) is 0 Å². The lowest BCUT2D eigenvalue weighted by Gasteiger charge is -2.26. The van der Waals surface area contributed by atoms with Gasteiger partial charge in [0.05, 0.1) is 0 Å². The predicted molar refractivity (Wildman–Crippen MR) is 258 cm³/mol. The molecule has 61 heavy (non-hydrogen) atoms. The molecule has 11 aromatic rings. The molecule has 0 saturated heterocycles. The molecule has 0 atom stereocenters. The summed E-state index contributed by atoms with van der Waals surface area (Å²) in [6.45, 7) is 13.0. The van der Waals surface area contributed by atoms with E-state index in [9.17, 15) is 0 Å². The van der Waals surface area contributed by atoms with Crippen molar-refractivity contribution in [2.75, 3.05) is 9.80 Å². The molecule has 11 rings (SSSR count). The van der Waals surface area contributed by atoms with Crippen molar-refractivity contribution in [3.8, 4) is 0 Å². The van der Waals surface area contributed by atoms with Gasteiger partial charge in [0, 0.05) is 61.2 Å². The number of fused-ring (bicyclic) bond motifs is 8. The van der Waals surface area contributed by atoms with Crippen molar-refractivity contribution in [3.63, 3.8) is 0 Å². The number of benzene rings is 9. The minimum atomic E-state index is 0.170. The normalized spacial score (nSPS) is 11.9. The van der Waals surface area contributed by atoms with E-state index in [-0.39, 0.29) is 5.92 Å². The number of nitrogens with zero attached hydrogens (tertiary/aromatic N) is 2. The van der Waals surface area contributed by atoms with Crippen molar-refractivity contribution < 1.29 is 8.83 Å². The van der Waals surface area contributed by atoms with Crippen LogP contribution in [-0.2, 0) is 0 Å². The fourth-order valence-corrected chi connectivity index (χ4v) is 9.39. The maximum atomic E-state index is 6.90. The first kappa shape index (κ1) is 36.8. The van der Waals surface area contributed by atoms with E-state index in [1.807, 2.05) is 0 Å². The molecule has 0 aliphatic rings. The Hall–Kier alpha value is -7.30. The minimum absolute atomic E-state index is 0.170. The zero-order valence-corrected chi connectivity index (χ0v) is 35.4. The van der Waals surface area contributed by atoms with Gasteiger partial charge in [-0.1, -0.05) is 74.5 Å². The third-order valence-corrected chi connectivity index (χ3v) is 12.2. The van der Waals surface area contributed by atoms with Gasteiger partial charge in [-0.2, -0.15) is 0 Å². The van der Waals surface area contributed by atoms with E-state index in [4.69, 9.17) is 8.83 Å². The second-order valence-electron chi connectivity index (χ2n) is 17.2. The highest BCUT2D eigenvalue weighted by molar-refractivity contribution is 6.20. The molecule has 4 heteroatoms. The van der Waals surface area contributed by atoms with Crippen LogP contribution in [-0.4, -0.2) is 0 Å². The Bertz CT molecular complexity index is 3210. The molecule has 0 fully saturated rings. The van der Waals surface area contributed by atoms with Gasteiger partial charge < -0.3 is 18.6 Å². The summed E-state index contributed by atoms with van der Waals surface area (Å²) < 4.78 is 13.8. The van der Waals surface area contributed by atoms with Gasteiger partial charge in [-0.25, -0.2) is 0 Å². The van der Waals surface area contributed by atoms with E-state index in [1.54, 1.807) is 0 Å². The van der Waals surface area contributed by atoms with E-state index >= 15 is 0 Å². The van der Waals surface area contributed by atoms with Gasteiger partial charge >= 0.3 is 0 Å². The summed E-state index contributed by atoms with van der Waals surface area (Å²) in [4.78, 5) is 4.68. The van der Waals surface area contributed by atoms with E-state index in [2.05, 4.69) is 215 Å². The third kappa shape index (κ3) is 6.29. The molecule has 2 aromatic heterocycles. The first-order valence-electron chi connectivity index (χ1n) is 21.2. The predicted octanol–water partition coefficient (Wildman–Crippen LogP) is 17.1. The Kier molecular flexibility index (Phi) is 8.54. The van der Waals surface area contributed by atoms with Crippen molar-refractivity contribution >= 4 is 99.5 Å². The molecular formula is C57H46N2O2.